The maximum Gasteiger partial charge on any atom is 0.267 e. The third-order valence-corrected chi connectivity index (χ3v) is 4.56. The van der Waals surface area contributed by atoms with Gasteiger partial charge in [0.1, 0.15) is 22.9 Å². The summed E-state index contributed by atoms with van der Waals surface area (Å²) in [5, 5.41) is 6.94. The van der Waals surface area contributed by atoms with Gasteiger partial charge < -0.3 is 19.6 Å². The van der Waals surface area contributed by atoms with Crippen LogP contribution in [0, 0.1) is 6.92 Å². The summed E-state index contributed by atoms with van der Waals surface area (Å²) in [6, 6.07) is 9.04. The number of hydrogen-bond donors (Lipinski definition) is 2. The van der Waals surface area contributed by atoms with Crippen molar-refractivity contribution in [2.75, 3.05) is 7.11 Å². The normalized spacial score (nSPS) is 13.4. The number of H-pyrrole nitrogens is 1. The predicted molar refractivity (Wildman–Crippen MR) is 97.9 cm³/mol. The molecule has 2 aromatic heterocycles. The second-order valence-electron chi connectivity index (χ2n) is 6.57. The zero-order chi connectivity index (χ0) is 19.0. The number of carbonyl (C=O) groups is 2. The molecule has 1 amide bonds. The zero-order valence-corrected chi connectivity index (χ0v) is 15.0. The minimum atomic E-state index is -0.249. The van der Waals surface area contributed by atoms with Crippen molar-refractivity contribution in [2.24, 2.45) is 0 Å². The molecular weight excluding hydrogens is 346 g/mol. The molecule has 138 valence electrons. The Morgan fingerprint density at radius 2 is 2.00 bits per heavy atom. The van der Waals surface area contributed by atoms with Crippen LogP contribution < -0.4 is 10.1 Å². The van der Waals surface area contributed by atoms with E-state index in [0.717, 1.165) is 18.4 Å². The smallest absolute Gasteiger partial charge is 0.267 e. The van der Waals surface area contributed by atoms with E-state index >= 15 is 0 Å². The van der Waals surface area contributed by atoms with Gasteiger partial charge in [0.25, 0.3) is 5.91 Å². The van der Waals surface area contributed by atoms with Crippen LogP contribution in [0.5, 0.6) is 5.75 Å². The Labute approximate surface area is 155 Å². The fraction of sp³-hybridized carbons (Fsp3) is 0.250. The Bertz CT molecular complexity index is 997. The number of hydrogen-bond acceptors (Lipinski definition) is 5. The molecule has 0 aliphatic heterocycles. The van der Waals surface area contributed by atoms with Crippen LogP contribution in [0.15, 0.2) is 41.1 Å². The summed E-state index contributed by atoms with van der Waals surface area (Å²) in [5.41, 5.74) is 2.35. The number of rotatable bonds is 6. The van der Waals surface area contributed by atoms with Crippen molar-refractivity contribution in [3.63, 3.8) is 0 Å². The first-order chi connectivity index (χ1) is 13.1. The standard InChI is InChI=1S/C20H19N3O4/c1-11-17(18(23-27-11)12-3-7-15(26-2)8-4-12)19(24)13-9-16(21-10-13)20(25)22-14-5-6-14/h3-4,7-10,14,21H,5-6H2,1-2H3,(H,22,25). The fourth-order valence-corrected chi connectivity index (χ4v) is 2.88. The zero-order valence-electron chi connectivity index (χ0n) is 15.0. The maximum atomic E-state index is 13.0. The Kier molecular flexibility index (Phi) is 4.27. The van der Waals surface area contributed by atoms with Crippen molar-refractivity contribution in [3.8, 4) is 17.0 Å². The molecule has 1 aliphatic carbocycles. The third-order valence-electron chi connectivity index (χ3n) is 4.56. The monoisotopic (exact) mass is 365 g/mol. The number of benzene rings is 1. The molecule has 0 saturated heterocycles. The van der Waals surface area contributed by atoms with E-state index in [4.69, 9.17) is 9.26 Å². The van der Waals surface area contributed by atoms with Crippen molar-refractivity contribution in [1.82, 2.24) is 15.5 Å². The van der Waals surface area contributed by atoms with Crippen molar-refractivity contribution in [3.05, 3.63) is 59.1 Å². The highest BCUT2D eigenvalue weighted by Crippen LogP contribution is 2.29. The van der Waals surface area contributed by atoms with Gasteiger partial charge in [-0.25, -0.2) is 0 Å². The van der Waals surface area contributed by atoms with Crippen LogP contribution in [0.25, 0.3) is 11.3 Å². The summed E-state index contributed by atoms with van der Waals surface area (Å²) in [4.78, 5) is 28.1. The highest BCUT2D eigenvalue weighted by atomic mass is 16.5. The second kappa shape index (κ2) is 6.75. The summed E-state index contributed by atoms with van der Waals surface area (Å²) in [6.45, 7) is 1.70. The third kappa shape index (κ3) is 3.36. The van der Waals surface area contributed by atoms with E-state index < -0.39 is 0 Å². The van der Waals surface area contributed by atoms with Crippen LogP contribution in [0.2, 0.25) is 0 Å². The minimum absolute atomic E-state index is 0.200. The van der Waals surface area contributed by atoms with Gasteiger partial charge in [0.15, 0.2) is 5.78 Å². The molecule has 4 rings (SSSR count). The maximum absolute atomic E-state index is 13.0. The van der Waals surface area contributed by atoms with Crippen molar-refractivity contribution in [2.45, 2.75) is 25.8 Å². The van der Waals surface area contributed by atoms with Crippen LogP contribution in [0.4, 0.5) is 0 Å². The number of nitrogens with zero attached hydrogens (tertiary/aromatic N) is 1. The van der Waals surface area contributed by atoms with Gasteiger partial charge in [-0.15, -0.1) is 0 Å². The number of aryl methyl sites for hydroxylation is 1. The number of nitrogens with one attached hydrogen (secondary N) is 2. The van der Waals surface area contributed by atoms with Crippen molar-refractivity contribution in [1.29, 1.82) is 0 Å². The molecule has 0 unspecified atom stereocenters. The topological polar surface area (TPSA) is 97.2 Å². The molecule has 1 saturated carbocycles. The van der Waals surface area contributed by atoms with Crippen LogP contribution >= 0.6 is 0 Å². The molecular formula is C20H19N3O4. The van der Waals surface area contributed by atoms with Gasteiger partial charge in [0.2, 0.25) is 0 Å². The Morgan fingerprint density at radius 1 is 1.26 bits per heavy atom. The number of aromatic amines is 1. The number of methoxy groups -OCH3 is 1. The fourth-order valence-electron chi connectivity index (χ4n) is 2.88. The number of carbonyl (C=O) groups excluding carboxylic acids is 2. The molecule has 7 nitrogen and oxygen atoms in total. The summed E-state index contributed by atoms with van der Waals surface area (Å²) >= 11 is 0. The molecule has 0 radical (unpaired) electrons. The molecule has 27 heavy (non-hydrogen) atoms. The summed E-state index contributed by atoms with van der Waals surface area (Å²) < 4.78 is 10.4. The van der Waals surface area contributed by atoms with Gasteiger partial charge in [-0.05, 0) is 50.1 Å². The van der Waals surface area contributed by atoms with Crippen LogP contribution in [0.1, 0.15) is 45.0 Å². The van der Waals surface area contributed by atoms with Gasteiger partial charge >= 0.3 is 0 Å². The van der Waals surface area contributed by atoms with E-state index in [-0.39, 0.29) is 17.7 Å². The van der Waals surface area contributed by atoms with Crippen molar-refractivity contribution < 1.29 is 18.8 Å². The molecule has 1 aromatic carbocycles. The first kappa shape index (κ1) is 17.1. The van der Waals surface area contributed by atoms with Crippen LogP contribution in [0.3, 0.4) is 0 Å². The average Bonchev–Trinajstić information content (AvgIpc) is 3.20. The van der Waals surface area contributed by atoms with Gasteiger partial charge in [0.05, 0.1) is 12.7 Å². The van der Waals surface area contributed by atoms with E-state index in [2.05, 4.69) is 15.5 Å². The first-order valence-electron chi connectivity index (χ1n) is 8.71. The van der Waals surface area contributed by atoms with Gasteiger partial charge in [0, 0.05) is 23.4 Å². The molecule has 2 N–H and O–H groups in total. The Morgan fingerprint density at radius 3 is 2.67 bits per heavy atom. The summed E-state index contributed by atoms with van der Waals surface area (Å²) in [6.07, 6.45) is 3.54. The number of ketones is 1. The molecule has 0 spiro atoms. The number of aromatic nitrogens is 2. The summed E-state index contributed by atoms with van der Waals surface area (Å²) in [5.74, 6) is 0.690. The van der Waals surface area contributed by atoms with E-state index in [9.17, 15) is 9.59 Å². The lowest BCUT2D eigenvalue weighted by Gasteiger charge is -2.03. The lowest BCUT2D eigenvalue weighted by molar-refractivity contribution is 0.0946. The quantitative estimate of drug-likeness (QED) is 0.654. The predicted octanol–water partition coefficient (Wildman–Crippen LogP) is 3.11. The second-order valence-corrected chi connectivity index (χ2v) is 6.57. The van der Waals surface area contributed by atoms with Gasteiger partial charge in [-0.1, -0.05) is 5.16 Å². The van der Waals surface area contributed by atoms with Crippen molar-refractivity contribution >= 4 is 11.7 Å². The first-order valence-corrected chi connectivity index (χ1v) is 8.71. The molecule has 0 atom stereocenters. The average molecular weight is 365 g/mol. The minimum Gasteiger partial charge on any atom is -0.497 e. The van der Waals surface area contributed by atoms with Crippen LogP contribution in [-0.2, 0) is 0 Å². The highest BCUT2D eigenvalue weighted by molar-refractivity contribution is 6.13. The van der Waals surface area contributed by atoms with E-state index in [1.165, 1.54) is 6.20 Å². The number of ether oxygens (including phenoxy) is 1. The Balaban J connectivity index is 1.63. The van der Waals surface area contributed by atoms with Crippen LogP contribution in [-0.4, -0.2) is 35.0 Å². The molecule has 7 heteroatoms. The summed E-state index contributed by atoms with van der Waals surface area (Å²) in [7, 11) is 1.59. The molecule has 1 aliphatic rings. The Hall–Kier alpha value is -3.35. The van der Waals surface area contributed by atoms with E-state index in [1.54, 1.807) is 32.2 Å². The largest absolute Gasteiger partial charge is 0.497 e. The van der Waals surface area contributed by atoms with E-state index in [0.29, 0.717) is 34.0 Å². The molecule has 1 fully saturated rings. The van der Waals surface area contributed by atoms with Gasteiger partial charge in [-0.2, -0.15) is 0 Å². The SMILES string of the molecule is COc1ccc(-c2noc(C)c2C(=O)c2c[nH]c(C(=O)NC3CC3)c2)cc1. The lowest BCUT2D eigenvalue weighted by Crippen LogP contribution is -2.25. The molecule has 3 aromatic rings. The number of amides is 1. The molecule has 2 heterocycles. The lowest BCUT2D eigenvalue weighted by atomic mass is 9.99. The van der Waals surface area contributed by atoms with Gasteiger partial charge in [-0.3, -0.25) is 9.59 Å². The molecule has 0 bridgehead atoms. The van der Waals surface area contributed by atoms with E-state index in [1.807, 2.05) is 12.1 Å². The highest BCUT2D eigenvalue weighted by Gasteiger charge is 2.27.